The molecule has 0 unspecified atom stereocenters. The number of hydrogen-bond donors (Lipinski definition) is 0. The van der Waals surface area contributed by atoms with E-state index in [1.165, 1.54) is 11.1 Å². The quantitative estimate of drug-likeness (QED) is 0.737. The topological polar surface area (TPSA) is 12.9 Å². The fourth-order valence-corrected chi connectivity index (χ4v) is 1.96. The molecule has 0 saturated heterocycles. The lowest BCUT2D eigenvalue weighted by Gasteiger charge is -2.26. The summed E-state index contributed by atoms with van der Waals surface area (Å²) in [5, 5.41) is 0. The zero-order valence-corrected chi connectivity index (χ0v) is 10.1. The van der Waals surface area contributed by atoms with Crippen molar-refractivity contribution in [2.45, 2.75) is 26.2 Å². The molecule has 0 saturated carbocycles. The van der Waals surface area contributed by atoms with E-state index in [-0.39, 0.29) is 5.41 Å². The van der Waals surface area contributed by atoms with Crippen LogP contribution in [0.5, 0.6) is 0 Å². The van der Waals surface area contributed by atoms with Crippen molar-refractivity contribution >= 4 is 0 Å². The fourth-order valence-electron chi connectivity index (χ4n) is 1.96. The second kappa shape index (κ2) is 4.09. The number of aryl methyl sites for hydroxylation is 1. The van der Waals surface area contributed by atoms with E-state index in [0.29, 0.717) is 0 Å². The molecular formula is C15H17N. The Morgan fingerprint density at radius 2 is 1.62 bits per heavy atom. The van der Waals surface area contributed by atoms with Crippen molar-refractivity contribution in [2.75, 3.05) is 0 Å². The summed E-state index contributed by atoms with van der Waals surface area (Å²) in [7, 11) is 0. The lowest BCUT2D eigenvalue weighted by Crippen LogP contribution is -2.18. The third-order valence-electron chi connectivity index (χ3n) is 3.11. The Kier molecular flexibility index (Phi) is 2.78. The number of rotatable bonds is 2. The Balaban J connectivity index is 2.47. The number of hydrogen-bond acceptors (Lipinski definition) is 1. The van der Waals surface area contributed by atoms with Gasteiger partial charge in [-0.15, -0.1) is 0 Å². The third kappa shape index (κ3) is 1.99. The summed E-state index contributed by atoms with van der Waals surface area (Å²) in [6.45, 7) is 6.53. The number of aromatic nitrogens is 1. The largest absolute Gasteiger partial charge is 0.262 e. The Hall–Kier alpha value is -1.63. The molecule has 0 amide bonds. The summed E-state index contributed by atoms with van der Waals surface area (Å²) in [6.07, 6.45) is 1.88. The molecular weight excluding hydrogens is 194 g/mol. The fraction of sp³-hybridized carbons (Fsp3) is 0.267. The highest BCUT2D eigenvalue weighted by molar-refractivity contribution is 5.37. The first-order chi connectivity index (χ1) is 7.60. The van der Waals surface area contributed by atoms with Crippen LogP contribution in [-0.4, -0.2) is 4.98 Å². The Labute approximate surface area is 97.2 Å². The smallest absolute Gasteiger partial charge is 0.0375 e. The molecule has 0 fully saturated rings. The van der Waals surface area contributed by atoms with Crippen LogP contribution in [0.15, 0.2) is 48.7 Å². The highest BCUT2D eigenvalue weighted by Gasteiger charge is 2.22. The second-order valence-electron chi connectivity index (χ2n) is 4.68. The maximum atomic E-state index is 4.25. The molecule has 0 atom stereocenters. The highest BCUT2D eigenvalue weighted by atomic mass is 14.6. The predicted octanol–water partition coefficient (Wildman–Crippen LogP) is 3.72. The summed E-state index contributed by atoms with van der Waals surface area (Å²) < 4.78 is 0. The molecule has 0 aliphatic heterocycles. The molecule has 0 aliphatic carbocycles. The van der Waals surface area contributed by atoms with Gasteiger partial charge >= 0.3 is 0 Å². The van der Waals surface area contributed by atoms with E-state index in [4.69, 9.17) is 0 Å². The van der Waals surface area contributed by atoms with E-state index in [9.17, 15) is 0 Å². The minimum atomic E-state index is 0.0367. The van der Waals surface area contributed by atoms with Gasteiger partial charge in [-0.2, -0.15) is 0 Å². The third-order valence-corrected chi connectivity index (χ3v) is 3.11. The normalized spacial score (nSPS) is 11.4. The summed E-state index contributed by atoms with van der Waals surface area (Å²) in [6, 6.07) is 14.8. The van der Waals surface area contributed by atoms with Gasteiger partial charge in [-0.3, -0.25) is 4.98 Å². The Morgan fingerprint density at radius 3 is 2.25 bits per heavy atom. The van der Waals surface area contributed by atoms with E-state index < -0.39 is 0 Å². The van der Waals surface area contributed by atoms with Crippen molar-refractivity contribution in [1.29, 1.82) is 0 Å². The average molecular weight is 211 g/mol. The maximum Gasteiger partial charge on any atom is 0.0375 e. The zero-order chi connectivity index (χ0) is 11.6. The zero-order valence-electron chi connectivity index (χ0n) is 10.1. The first-order valence-corrected chi connectivity index (χ1v) is 5.59. The van der Waals surface area contributed by atoms with Gasteiger partial charge in [0.1, 0.15) is 0 Å². The van der Waals surface area contributed by atoms with Crippen LogP contribution in [-0.2, 0) is 5.41 Å². The van der Waals surface area contributed by atoms with E-state index in [1.807, 2.05) is 13.1 Å². The van der Waals surface area contributed by atoms with Gasteiger partial charge in [-0.05, 0) is 30.2 Å². The van der Waals surface area contributed by atoms with Crippen LogP contribution in [0.1, 0.15) is 30.7 Å². The molecule has 0 radical (unpaired) electrons. The molecule has 1 aromatic heterocycles. The molecule has 1 heteroatoms. The molecule has 16 heavy (non-hydrogen) atoms. The van der Waals surface area contributed by atoms with E-state index in [2.05, 4.69) is 61.3 Å². The highest BCUT2D eigenvalue weighted by Crippen LogP contribution is 2.30. The maximum absolute atomic E-state index is 4.25. The molecule has 1 heterocycles. The summed E-state index contributed by atoms with van der Waals surface area (Å²) in [5.74, 6) is 0. The van der Waals surface area contributed by atoms with Crippen molar-refractivity contribution < 1.29 is 0 Å². The second-order valence-corrected chi connectivity index (χ2v) is 4.68. The molecule has 0 N–H and O–H groups in total. The van der Waals surface area contributed by atoms with Gasteiger partial charge in [-0.25, -0.2) is 0 Å². The van der Waals surface area contributed by atoms with Crippen molar-refractivity contribution in [1.82, 2.24) is 4.98 Å². The monoisotopic (exact) mass is 211 g/mol. The SMILES string of the molecule is Cc1cc(C(C)(C)c2ccccc2)ccn1. The standard InChI is InChI=1S/C15H17N/c1-12-11-14(9-10-16-12)15(2,3)13-7-5-4-6-8-13/h4-11H,1-3H3. The lowest BCUT2D eigenvalue weighted by molar-refractivity contribution is 0.638. The average Bonchev–Trinajstić information content (AvgIpc) is 2.30. The first kappa shape index (κ1) is 10.9. The molecule has 82 valence electrons. The molecule has 0 bridgehead atoms. The van der Waals surface area contributed by atoms with Crippen LogP contribution >= 0.6 is 0 Å². The van der Waals surface area contributed by atoms with Gasteiger partial charge in [-0.1, -0.05) is 44.2 Å². The predicted molar refractivity (Wildman–Crippen MR) is 67.5 cm³/mol. The molecule has 1 nitrogen and oxygen atoms in total. The van der Waals surface area contributed by atoms with Crippen LogP contribution in [0.2, 0.25) is 0 Å². The number of pyridine rings is 1. The van der Waals surface area contributed by atoms with Crippen LogP contribution in [0.4, 0.5) is 0 Å². The molecule has 2 aromatic rings. The lowest BCUT2D eigenvalue weighted by atomic mass is 9.78. The van der Waals surface area contributed by atoms with Gasteiger partial charge < -0.3 is 0 Å². The van der Waals surface area contributed by atoms with E-state index >= 15 is 0 Å². The Bertz CT molecular complexity index is 472. The van der Waals surface area contributed by atoms with Crippen molar-refractivity contribution in [3.63, 3.8) is 0 Å². The molecule has 0 spiro atoms. The van der Waals surface area contributed by atoms with Gasteiger partial charge in [0, 0.05) is 17.3 Å². The summed E-state index contributed by atoms with van der Waals surface area (Å²) in [4.78, 5) is 4.25. The number of benzene rings is 1. The minimum Gasteiger partial charge on any atom is -0.262 e. The van der Waals surface area contributed by atoms with Crippen molar-refractivity contribution in [3.05, 3.63) is 65.5 Å². The van der Waals surface area contributed by atoms with Gasteiger partial charge in [0.15, 0.2) is 0 Å². The molecule has 0 aliphatic rings. The van der Waals surface area contributed by atoms with Crippen LogP contribution < -0.4 is 0 Å². The van der Waals surface area contributed by atoms with E-state index in [0.717, 1.165) is 5.69 Å². The van der Waals surface area contributed by atoms with Crippen LogP contribution in [0.3, 0.4) is 0 Å². The molecule has 2 rings (SSSR count). The Morgan fingerprint density at radius 1 is 0.938 bits per heavy atom. The first-order valence-electron chi connectivity index (χ1n) is 5.59. The van der Waals surface area contributed by atoms with Crippen LogP contribution in [0.25, 0.3) is 0 Å². The van der Waals surface area contributed by atoms with Gasteiger partial charge in [0.05, 0.1) is 0 Å². The van der Waals surface area contributed by atoms with Crippen molar-refractivity contribution in [2.24, 2.45) is 0 Å². The summed E-state index contributed by atoms with van der Waals surface area (Å²) in [5.41, 5.74) is 3.75. The van der Waals surface area contributed by atoms with E-state index in [1.54, 1.807) is 0 Å². The minimum absolute atomic E-state index is 0.0367. The van der Waals surface area contributed by atoms with Crippen LogP contribution in [0, 0.1) is 6.92 Å². The number of nitrogens with zero attached hydrogens (tertiary/aromatic N) is 1. The summed E-state index contributed by atoms with van der Waals surface area (Å²) >= 11 is 0. The molecule has 1 aromatic carbocycles. The van der Waals surface area contributed by atoms with Crippen molar-refractivity contribution in [3.8, 4) is 0 Å². The van der Waals surface area contributed by atoms with Gasteiger partial charge in [0.2, 0.25) is 0 Å². The van der Waals surface area contributed by atoms with Gasteiger partial charge in [0.25, 0.3) is 0 Å².